The van der Waals surface area contributed by atoms with Gasteiger partial charge in [0, 0.05) is 42.9 Å². The van der Waals surface area contributed by atoms with Crippen molar-refractivity contribution < 1.29 is 50.5 Å². The summed E-state index contributed by atoms with van der Waals surface area (Å²) in [4.78, 5) is 30.6. The smallest absolute Gasteiger partial charge is 0.497 e. The molecule has 0 saturated carbocycles. The molecule has 260 valence electrons. The molecule has 2 aliphatic heterocycles. The van der Waals surface area contributed by atoms with Crippen molar-refractivity contribution in [2.45, 2.75) is 41.8 Å². The normalized spacial score (nSPS) is 20.9. The van der Waals surface area contributed by atoms with Gasteiger partial charge in [-0.05, 0) is 54.4 Å². The molecule has 1 fully saturated rings. The number of β-amino-alcohol motifs (C(OH)–C–C–N with tert-alkyl or cyclic N) is 1. The van der Waals surface area contributed by atoms with Crippen molar-refractivity contribution in [3.63, 3.8) is 0 Å². The second-order valence-corrected chi connectivity index (χ2v) is 13.7. The highest BCUT2D eigenvalue weighted by Crippen LogP contribution is 2.55. The van der Waals surface area contributed by atoms with E-state index in [-0.39, 0.29) is 52.7 Å². The summed E-state index contributed by atoms with van der Waals surface area (Å²) in [5, 5.41) is 20.5. The third-order valence-corrected chi connectivity index (χ3v) is 10.3. The zero-order valence-electron chi connectivity index (χ0n) is 26.5. The Balaban J connectivity index is 1.89. The summed E-state index contributed by atoms with van der Waals surface area (Å²) < 4.78 is 85.1. The molecule has 0 radical (unpaired) electrons. The van der Waals surface area contributed by atoms with Gasteiger partial charge in [-0.1, -0.05) is 17.7 Å². The number of aliphatic hydroxyl groups excluding tert-OH is 1. The minimum Gasteiger partial charge on any atom is -0.497 e. The van der Waals surface area contributed by atoms with E-state index in [1.54, 1.807) is 6.07 Å². The molecule has 1 unspecified atom stereocenters. The SMILES string of the molecule is COc1ccc(S(=O)(=O)N2C(=O)C(c3cc(CC#N)ccc3OC)(N3C[C@H](O)C[C@H]3C(=O)N(C)C)c3cc(Cl)ccc32)c(OC(F)(F)F)c1. The van der Waals surface area contributed by atoms with E-state index in [1.807, 2.05) is 6.07 Å². The molecule has 3 atom stereocenters. The van der Waals surface area contributed by atoms with Gasteiger partial charge in [0.15, 0.2) is 11.3 Å². The number of ether oxygens (including phenoxy) is 3. The fraction of sp³-hybridized carbons (Fsp3) is 0.344. The number of nitrogens with zero attached hydrogens (tertiary/aromatic N) is 4. The lowest BCUT2D eigenvalue weighted by Crippen LogP contribution is -2.59. The fourth-order valence-electron chi connectivity index (χ4n) is 6.36. The quantitative estimate of drug-likeness (QED) is 0.346. The lowest BCUT2D eigenvalue weighted by molar-refractivity contribution is -0.275. The molecule has 2 amide bonds. The van der Waals surface area contributed by atoms with E-state index in [4.69, 9.17) is 21.1 Å². The molecular formula is C32H30ClF3N4O8S. The predicted octanol–water partition coefficient (Wildman–Crippen LogP) is 3.82. The van der Waals surface area contributed by atoms with Crippen molar-refractivity contribution >= 4 is 39.1 Å². The van der Waals surface area contributed by atoms with Crippen LogP contribution in [0.3, 0.4) is 0 Å². The van der Waals surface area contributed by atoms with E-state index in [0.717, 1.165) is 19.2 Å². The van der Waals surface area contributed by atoms with Gasteiger partial charge in [0.05, 0.1) is 44.5 Å². The molecule has 1 saturated heterocycles. The number of halogens is 4. The van der Waals surface area contributed by atoms with Crippen LogP contribution in [0.2, 0.25) is 5.02 Å². The van der Waals surface area contributed by atoms with Crippen molar-refractivity contribution in [3.8, 4) is 23.3 Å². The Labute approximate surface area is 284 Å². The standard InChI is InChI=1S/C32H30ClF3N4O8S/c1-38(2)29(42)25-15-20(41)17-39(25)31(23-13-18(11-12-37)5-9-26(23)47-4)22-14-19(33)6-8-24(22)40(30(31)43)49(44,45)28-10-7-21(46-3)16-27(28)48-32(34,35)36/h5-10,13-14,16,20,25,41H,11,15,17H2,1-4H3/t20-,25+,31?/m1/s1. The number of benzene rings is 3. The second-order valence-electron chi connectivity index (χ2n) is 11.5. The number of methoxy groups -OCH3 is 2. The van der Waals surface area contributed by atoms with Crippen molar-refractivity contribution in [2.24, 2.45) is 0 Å². The fourth-order valence-corrected chi connectivity index (χ4v) is 8.10. The van der Waals surface area contributed by atoms with Crippen molar-refractivity contribution in [3.05, 3.63) is 76.3 Å². The van der Waals surface area contributed by atoms with Gasteiger partial charge in [0.1, 0.15) is 16.4 Å². The van der Waals surface area contributed by atoms with E-state index in [2.05, 4.69) is 4.74 Å². The maximum Gasteiger partial charge on any atom is 0.573 e. The largest absolute Gasteiger partial charge is 0.573 e. The van der Waals surface area contributed by atoms with Crippen LogP contribution in [0.5, 0.6) is 17.2 Å². The van der Waals surface area contributed by atoms with Gasteiger partial charge >= 0.3 is 6.36 Å². The predicted molar refractivity (Wildman–Crippen MR) is 169 cm³/mol. The number of rotatable bonds is 9. The lowest BCUT2D eigenvalue weighted by atomic mass is 9.80. The number of aliphatic hydroxyl groups is 1. The van der Waals surface area contributed by atoms with Crippen molar-refractivity contribution in [2.75, 3.05) is 39.2 Å². The van der Waals surface area contributed by atoms with Crippen LogP contribution in [0.25, 0.3) is 0 Å². The molecule has 0 aromatic heterocycles. The third-order valence-electron chi connectivity index (χ3n) is 8.33. The summed E-state index contributed by atoms with van der Waals surface area (Å²) in [6, 6.07) is 11.7. The van der Waals surface area contributed by atoms with Gasteiger partial charge in [-0.3, -0.25) is 14.5 Å². The number of carbonyl (C=O) groups excluding carboxylic acids is 2. The van der Waals surface area contributed by atoms with Gasteiger partial charge in [0.2, 0.25) is 5.91 Å². The van der Waals surface area contributed by atoms with E-state index in [0.29, 0.717) is 15.9 Å². The van der Waals surface area contributed by atoms with Gasteiger partial charge in [-0.2, -0.15) is 5.26 Å². The second kappa shape index (κ2) is 13.0. The molecule has 0 spiro atoms. The molecular weight excluding hydrogens is 693 g/mol. The Morgan fingerprint density at radius 3 is 2.41 bits per heavy atom. The highest BCUT2D eigenvalue weighted by atomic mass is 35.5. The Kier molecular flexibility index (Phi) is 9.52. The maximum absolute atomic E-state index is 15.4. The molecule has 17 heteroatoms. The number of likely N-dealkylation sites (N-methyl/N-ethyl adjacent to an activating group) is 1. The van der Waals surface area contributed by atoms with Gasteiger partial charge in [-0.15, -0.1) is 13.2 Å². The van der Waals surface area contributed by atoms with Crippen molar-refractivity contribution in [1.29, 1.82) is 5.26 Å². The Bertz CT molecular complexity index is 1970. The van der Waals surface area contributed by atoms with Crippen LogP contribution in [-0.4, -0.2) is 88.5 Å². The molecule has 49 heavy (non-hydrogen) atoms. The van der Waals surface area contributed by atoms with E-state index in [1.165, 1.54) is 61.3 Å². The molecule has 2 aliphatic rings. The number of amides is 2. The highest BCUT2D eigenvalue weighted by molar-refractivity contribution is 7.93. The molecule has 1 N–H and O–H groups in total. The van der Waals surface area contributed by atoms with Crippen LogP contribution in [0, 0.1) is 11.3 Å². The number of carbonyl (C=O) groups is 2. The molecule has 0 bridgehead atoms. The Morgan fingerprint density at radius 2 is 1.80 bits per heavy atom. The topological polar surface area (TPSA) is 150 Å². The maximum atomic E-state index is 15.4. The van der Waals surface area contributed by atoms with Crippen LogP contribution in [0.1, 0.15) is 23.1 Å². The number of hydrogen-bond donors (Lipinski definition) is 1. The molecule has 3 aromatic rings. The van der Waals surface area contributed by atoms with Crippen LogP contribution in [0.15, 0.2) is 59.5 Å². The summed E-state index contributed by atoms with van der Waals surface area (Å²) in [6.07, 6.45) is -6.80. The first-order valence-electron chi connectivity index (χ1n) is 14.5. The number of hydrogen-bond acceptors (Lipinski definition) is 10. The van der Waals surface area contributed by atoms with E-state index in [9.17, 15) is 36.8 Å². The van der Waals surface area contributed by atoms with Crippen LogP contribution in [0.4, 0.5) is 18.9 Å². The Morgan fingerprint density at radius 1 is 1.08 bits per heavy atom. The summed E-state index contributed by atoms with van der Waals surface area (Å²) in [5.41, 5.74) is -2.27. The first-order chi connectivity index (χ1) is 23.0. The number of sulfonamides is 1. The number of alkyl halides is 3. The lowest BCUT2D eigenvalue weighted by Gasteiger charge is -2.42. The first kappa shape index (κ1) is 35.7. The minimum atomic E-state index is -5.33. The molecule has 12 nitrogen and oxygen atoms in total. The number of likely N-dealkylation sites (tertiary alicyclic amines) is 1. The van der Waals surface area contributed by atoms with Crippen molar-refractivity contribution in [1.82, 2.24) is 9.80 Å². The summed E-state index contributed by atoms with van der Waals surface area (Å²) in [5.74, 6) is -3.06. The summed E-state index contributed by atoms with van der Waals surface area (Å²) in [7, 11) is 0.111. The average molecular weight is 723 g/mol. The first-order valence-corrected chi connectivity index (χ1v) is 16.4. The monoisotopic (exact) mass is 722 g/mol. The summed E-state index contributed by atoms with van der Waals surface area (Å²) >= 11 is 6.48. The third kappa shape index (κ3) is 6.12. The number of nitriles is 1. The van der Waals surface area contributed by atoms with E-state index < -0.39 is 56.5 Å². The minimum absolute atomic E-state index is 0.00104. The zero-order chi connectivity index (χ0) is 36.1. The van der Waals surface area contributed by atoms with Crippen LogP contribution in [-0.2, 0) is 31.6 Å². The van der Waals surface area contributed by atoms with Gasteiger partial charge in [-0.25, -0.2) is 12.7 Å². The van der Waals surface area contributed by atoms with Gasteiger partial charge in [0.25, 0.3) is 15.9 Å². The van der Waals surface area contributed by atoms with Crippen LogP contribution < -0.4 is 18.5 Å². The van der Waals surface area contributed by atoms with Gasteiger partial charge < -0.3 is 24.2 Å². The number of fused-ring (bicyclic) bond motifs is 1. The van der Waals surface area contributed by atoms with E-state index >= 15 is 4.79 Å². The molecule has 0 aliphatic carbocycles. The molecule has 5 rings (SSSR count). The number of anilines is 1. The average Bonchev–Trinajstić information content (AvgIpc) is 3.54. The molecule has 2 heterocycles. The highest BCUT2D eigenvalue weighted by Gasteiger charge is 2.64. The van der Waals surface area contributed by atoms with Crippen LogP contribution >= 0.6 is 11.6 Å². The summed E-state index contributed by atoms with van der Waals surface area (Å²) in [6.45, 7) is -0.327. The zero-order valence-corrected chi connectivity index (χ0v) is 28.1. The Hall–Kier alpha value is -4.56. The molecule has 3 aromatic carbocycles.